The fraction of sp³-hybridized carbons (Fsp3) is 1.00. The van der Waals surface area contributed by atoms with E-state index in [1.54, 1.807) is 0 Å². The summed E-state index contributed by atoms with van der Waals surface area (Å²) in [4.78, 5) is 0. The van der Waals surface area contributed by atoms with Crippen molar-refractivity contribution in [1.29, 1.82) is 0 Å². The van der Waals surface area contributed by atoms with Gasteiger partial charge >= 0.3 is 8.80 Å². The van der Waals surface area contributed by atoms with E-state index in [-0.39, 0.29) is 6.61 Å². The lowest BCUT2D eigenvalue weighted by Crippen LogP contribution is -2.47. The minimum absolute atomic E-state index is 0.0589. The molecule has 0 rings (SSSR count). The predicted octanol–water partition coefficient (Wildman–Crippen LogP) is 2.20. The van der Waals surface area contributed by atoms with Gasteiger partial charge in [0.25, 0.3) is 0 Å². The highest BCUT2D eigenvalue weighted by molar-refractivity contribution is 6.60. The number of aliphatic hydroxyl groups is 1. The number of hydrogen-bond donors (Lipinski definition) is 1. The van der Waals surface area contributed by atoms with Crippen LogP contribution in [0.2, 0.25) is 6.04 Å². The molecule has 0 aliphatic heterocycles. The quantitative estimate of drug-likeness (QED) is 0.571. The van der Waals surface area contributed by atoms with Crippen LogP contribution < -0.4 is 0 Å². The Labute approximate surface area is 100 Å². The summed E-state index contributed by atoms with van der Waals surface area (Å²) in [6.45, 7) is 8.13. The first kappa shape index (κ1) is 16.1. The Morgan fingerprint density at radius 1 is 0.812 bits per heavy atom. The Balaban J connectivity index is 4.32. The fourth-order valence-electron chi connectivity index (χ4n) is 1.25. The van der Waals surface area contributed by atoms with Crippen LogP contribution in [-0.2, 0) is 13.3 Å². The maximum absolute atomic E-state index is 9.09. The second-order valence-electron chi connectivity index (χ2n) is 3.70. The van der Waals surface area contributed by atoms with Gasteiger partial charge in [-0.3, -0.25) is 0 Å². The van der Waals surface area contributed by atoms with E-state index in [1.807, 2.05) is 0 Å². The average molecular weight is 250 g/mol. The van der Waals surface area contributed by atoms with Crippen LogP contribution in [0.5, 0.6) is 0 Å². The number of rotatable bonds is 11. The minimum Gasteiger partial charge on any atom is -0.396 e. The Kier molecular flexibility index (Phi) is 10.3. The van der Waals surface area contributed by atoms with Crippen LogP contribution in [0.15, 0.2) is 0 Å². The van der Waals surface area contributed by atoms with Crippen molar-refractivity contribution in [2.45, 2.75) is 46.1 Å². The van der Waals surface area contributed by atoms with E-state index in [9.17, 15) is 0 Å². The summed E-state index contributed by atoms with van der Waals surface area (Å²) in [6.07, 6.45) is 2.81. The topological polar surface area (TPSA) is 47.9 Å². The van der Waals surface area contributed by atoms with Crippen LogP contribution in [0.1, 0.15) is 40.0 Å². The van der Waals surface area contributed by atoms with Crippen molar-refractivity contribution in [2.75, 3.05) is 26.4 Å². The second-order valence-corrected chi connectivity index (χ2v) is 6.43. The van der Waals surface area contributed by atoms with Gasteiger partial charge < -0.3 is 18.4 Å². The summed E-state index contributed by atoms with van der Waals surface area (Å²) in [6, 6.07) is 0.493. The number of hydrogen-bond acceptors (Lipinski definition) is 4. The Bertz CT molecular complexity index is 133. The van der Waals surface area contributed by atoms with Crippen molar-refractivity contribution in [3.63, 3.8) is 0 Å². The summed E-state index contributed by atoms with van der Waals surface area (Å²) >= 11 is 0. The van der Waals surface area contributed by atoms with Crippen molar-refractivity contribution in [2.24, 2.45) is 0 Å². The van der Waals surface area contributed by atoms with Crippen LogP contribution >= 0.6 is 0 Å². The van der Waals surface area contributed by atoms with Gasteiger partial charge in [-0.15, -0.1) is 0 Å². The predicted molar refractivity (Wildman–Crippen MR) is 66.4 cm³/mol. The summed E-state index contributed by atoms with van der Waals surface area (Å²) in [5, 5.41) is 9.09. The molecule has 0 aromatic heterocycles. The molecule has 0 aromatic rings. The van der Waals surface area contributed by atoms with E-state index in [4.69, 9.17) is 18.4 Å². The van der Waals surface area contributed by atoms with Crippen molar-refractivity contribution >= 4 is 8.80 Å². The Hall–Kier alpha value is 0.0569. The SMILES string of the molecule is CCCO[Si](CCO)(OCCC)OCCC. The average Bonchev–Trinajstić information content (AvgIpc) is 2.31. The molecule has 1 N–H and O–H groups in total. The normalized spacial score (nSPS) is 12.0. The molecule has 98 valence electrons. The highest BCUT2D eigenvalue weighted by atomic mass is 28.4. The molecule has 0 amide bonds. The first-order valence-corrected chi connectivity index (χ1v) is 8.20. The maximum Gasteiger partial charge on any atom is 0.503 e. The molecule has 0 saturated heterocycles. The van der Waals surface area contributed by atoms with Gasteiger partial charge in [0.15, 0.2) is 0 Å². The highest BCUT2D eigenvalue weighted by Gasteiger charge is 2.40. The van der Waals surface area contributed by atoms with Crippen LogP contribution in [0.3, 0.4) is 0 Å². The molecular formula is C11H26O4Si. The van der Waals surface area contributed by atoms with E-state index in [2.05, 4.69) is 20.8 Å². The van der Waals surface area contributed by atoms with Gasteiger partial charge in [0.2, 0.25) is 0 Å². The van der Waals surface area contributed by atoms with E-state index < -0.39 is 8.80 Å². The zero-order valence-corrected chi connectivity index (χ0v) is 11.8. The van der Waals surface area contributed by atoms with Gasteiger partial charge in [0, 0.05) is 32.5 Å². The van der Waals surface area contributed by atoms with E-state index in [0.29, 0.717) is 25.9 Å². The lowest BCUT2D eigenvalue weighted by atomic mass is 10.5. The van der Waals surface area contributed by atoms with Crippen molar-refractivity contribution in [3.05, 3.63) is 0 Å². The van der Waals surface area contributed by atoms with Crippen molar-refractivity contribution < 1.29 is 18.4 Å². The molecule has 0 aliphatic carbocycles. The minimum atomic E-state index is -2.61. The van der Waals surface area contributed by atoms with Crippen molar-refractivity contribution in [3.8, 4) is 0 Å². The Morgan fingerprint density at radius 3 is 1.44 bits per heavy atom. The molecule has 0 spiro atoms. The zero-order chi connectivity index (χ0) is 12.3. The van der Waals surface area contributed by atoms with Gasteiger partial charge in [-0.25, -0.2) is 0 Å². The molecule has 0 aromatic carbocycles. The highest BCUT2D eigenvalue weighted by Crippen LogP contribution is 2.16. The van der Waals surface area contributed by atoms with Gasteiger partial charge in [-0.2, -0.15) is 0 Å². The molecular weight excluding hydrogens is 224 g/mol. The third kappa shape index (κ3) is 6.60. The molecule has 0 radical (unpaired) electrons. The lowest BCUT2D eigenvalue weighted by molar-refractivity contribution is 0.0549. The molecule has 0 aliphatic rings. The van der Waals surface area contributed by atoms with Crippen LogP contribution in [0.25, 0.3) is 0 Å². The summed E-state index contributed by atoms with van der Waals surface area (Å²) in [5.41, 5.74) is 0. The summed E-state index contributed by atoms with van der Waals surface area (Å²) in [5.74, 6) is 0. The van der Waals surface area contributed by atoms with Gasteiger partial charge in [-0.05, 0) is 19.3 Å². The molecule has 4 nitrogen and oxygen atoms in total. The van der Waals surface area contributed by atoms with Crippen LogP contribution in [0, 0.1) is 0 Å². The largest absolute Gasteiger partial charge is 0.503 e. The van der Waals surface area contributed by atoms with Gasteiger partial charge in [0.05, 0.1) is 0 Å². The van der Waals surface area contributed by atoms with Crippen LogP contribution in [-0.4, -0.2) is 40.3 Å². The number of aliphatic hydroxyl groups excluding tert-OH is 1. The summed E-state index contributed by atoms with van der Waals surface area (Å²) in [7, 11) is -2.61. The van der Waals surface area contributed by atoms with E-state index >= 15 is 0 Å². The zero-order valence-electron chi connectivity index (χ0n) is 10.8. The summed E-state index contributed by atoms with van der Waals surface area (Å²) < 4.78 is 17.3. The second kappa shape index (κ2) is 10.2. The molecule has 16 heavy (non-hydrogen) atoms. The third-order valence-corrected chi connectivity index (χ3v) is 4.76. The first-order chi connectivity index (χ1) is 7.74. The first-order valence-electron chi connectivity index (χ1n) is 6.27. The van der Waals surface area contributed by atoms with Crippen molar-refractivity contribution in [1.82, 2.24) is 0 Å². The lowest BCUT2D eigenvalue weighted by Gasteiger charge is -2.29. The van der Waals surface area contributed by atoms with Gasteiger partial charge in [0.1, 0.15) is 0 Å². The Morgan fingerprint density at radius 2 is 1.19 bits per heavy atom. The fourth-order valence-corrected chi connectivity index (χ4v) is 3.75. The van der Waals surface area contributed by atoms with Gasteiger partial charge in [-0.1, -0.05) is 20.8 Å². The molecule has 0 unspecified atom stereocenters. The molecule has 0 heterocycles. The smallest absolute Gasteiger partial charge is 0.396 e. The molecule has 0 saturated carbocycles. The van der Waals surface area contributed by atoms with E-state index in [1.165, 1.54) is 0 Å². The van der Waals surface area contributed by atoms with E-state index in [0.717, 1.165) is 19.3 Å². The monoisotopic (exact) mass is 250 g/mol. The molecule has 0 fully saturated rings. The maximum atomic E-state index is 9.09. The van der Waals surface area contributed by atoms with Crippen LogP contribution in [0.4, 0.5) is 0 Å². The molecule has 5 heteroatoms. The molecule has 0 atom stereocenters. The standard InChI is InChI=1S/C11H26O4Si/c1-4-8-13-16(11-7-12,14-9-5-2)15-10-6-3/h12H,4-11H2,1-3H3. The molecule has 0 bridgehead atoms. The third-order valence-electron chi connectivity index (χ3n) is 2.00.